The number of anilines is 1. The number of ether oxygens (including phenoxy) is 2. The van der Waals surface area contributed by atoms with Crippen LogP contribution < -0.4 is 14.8 Å². The molecule has 2 aromatic rings. The van der Waals surface area contributed by atoms with E-state index in [-0.39, 0.29) is 5.91 Å². The Morgan fingerprint density at radius 2 is 1.71 bits per heavy atom. The van der Waals surface area contributed by atoms with E-state index in [9.17, 15) is 4.79 Å². The van der Waals surface area contributed by atoms with E-state index in [1.54, 1.807) is 37.4 Å². The van der Waals surface area contributed by atoms with Gasteiger partial charge in [-0.25, -0.2) is 0 Å². The minimum Gasteiger partial charge on any atom is -0.493 e. The summed E-state index contributed by atoms with van der Waals surface area (Å²) in [6.45, 7) is 1.84. The molecule has 1 N–H and O–H groups in total. The Hall–Kier alpha value is -2.20. The number of rotatable bonds is 4. The summed E-state index contributed by atoms with van der Waals surface area (Å²) in [6.07, 6.45) is 0. The van der Waals surface area contributed by atoms with Crippen molar-refractivity contribution >= 4 is 23.2 Å². The van der Waals surface area contributed by atoms with Crippen LogP contribution in [0.1, 0.15) is 15.9 Å². The first-order valence-electron chi connectivity index (χ1n) is 6.35. The summed E-state index contributed by atoms with van der Waals surface area (Å²) in [6, 6.07) is 10.5. The number of methoxy groups -OCH3 is 2. The standard InChI is InChI=1S/C16H16ClNO3/c1-10-8-14(20-2)15(21-3)9-11(10)16(19)18-13-7-5-4-6-12(13)17/h4-9H,1-3H3,(H,18,19). The molecule has 0 fully saturated rings. The van der Waals surface area contributed by atoms with Crippen molar-refractivity contribution in [1.29, 1.82) is 0 Å². The molecule has 0 atom stereocenters. The molecule has 2 aromatic carbocycles. The molecule has 21 heavy (non-hydrogen) atoms. The zero-order valence-electron chi connectivity index (χ0n) is 12.1. The average Bonchev–Trinajstić information content (AvgIpc) is 2.49. The number of benzene rings is 2. The number of carbonyl (C=O) groups is 1. The minimum absolute atomic E-state index is 0.249. The first-order chi connectivity index (χ1) is 10.1. The van der Waals surface area contributed by atoms with Gasteiger partial charge in [-0.1, -0.05) is 23.7 Å². The van der Waals surface area contributed by atoms with Gasteiger partial charge in [0.05, 0.1) is 24.9 Å². The van der Waals surface area contributed by atoms with Gasteiger partial charge in [-0.3, -0.25) is 4.79 Å². The molecule has 0 aliphatic rings. The van der Waals surface area contributed by atoms with E-state index < -0.39 is 0 Å². The van der Waals surface area contributed by atoms with Crippen molar-refractivity contribution in [3.8, 4) is 11.5 Å². The maximum Gasteiger partial charge on any atom is 0.256 e. The molecule has 5 heteroatoms. The van der Waals surface area contributed by atoms with Crippen molar-refractivity contribution in [3.05, 3.63) is 52.5 Å². The number of carbonyl (C=O) groups excluding carboxylic acids is 1. The lowest BCUT2D eigenvalue weighted by Gasteiger charge is -2.13. The predicted octanol–water partition coefficient (Wildman–Crippen LogP) is 3.92. The monoisotopic (exact) mass is 305 g/mol. The molecule has 4 nitrogen and oxygen atoms in total. The van der Waals surface area contributed by atoms with Gasteiger partial charge in [0.2, 0.25) is 0 Å². The number of para-hydroxylation sites is 1. The minimum atomic E-state index is -0.249. The van der Waals surface area contributed by atoms with E-state index in [1.807, 2.05) is 13.0 Å². The van der Waals surface area contributed by atoms with Crippen LogP contribution in [0.3, 0.4) is 0 Å². The van der Waals surface area contributed by atoms with Gasteiger partial charge in [0, 0.05) is 5.56 Å². The molecule has 0 heterocycles. The summed E-state index contributed by atoms with van der Waals surface area (Å²) >= 11 is 6.04. The van der Waals surface area contributed by atoms with Gasteiger partial charge in [0.15, 0.2) is 11.5 Å². The molecule has 110 valence electrons. The van der Waals surface area contributed by atoms with E-state index in [0.717, 1.165) is 5.56 Å². The molecule has 0 spiro atoms. The first kappa shape index (κ1) is 15.2. The lowest BCUT2D eigenvalue weighted by Crippen LogP contribution is -2.14. The van der Waals surface area contributed by atoms with Crippen molar-refractivity contribution in [2.75, 3.05) is 19.5 Å². The summed E-state index contributed by atoms with van der Waals surface area (Å²) in [4.78, 5) is 12.4. The summed E-state index contributed by atoms with van der Waals surface area (Å²) in [5.41, 5.74) is 1.86. The summed E-state index contributed by atoms with van der Waals surface area (Å²) < 4.78 is 10.4. The molecule has 0 aliphatic carbocycles. The summed E-state index contributed by atoms with van der Waals surface area (Å²) in [7, 11) is 3.09. The van der Waals surface area contributed by atoms with Crippen molar-refractivity contribution in [1.82, 2.24) is 0 Å². The van der Waals surface area contributed by atoms with Gasteiger partial charge in [-0.15, -0.1) is 0 Å². The highest BCUT2D eigenvalue weighted by molar-refractivity contribution is 6.33. The summed E-state index contributed by atoms with van der Waals surface area (Å²) in [5.74, 6) is 0.846. The molecule has 0 bridgehead atoms. The SMILES string of the molecule is COc1cc(C)c(C(=O)Nc2ccccc2Cl)cc1OC. The van der Waals surface area contributed by atoms with E-state index in [2.05, 4.69) is 5.32 Å². The van der Waals surface area contributed by atoms with Crippen molar-refractivity contribution < 1.29 is 14.3 Å². The van der Waals surface area contributed by atoms with Crippen LogP contribution in [-0.2, 0) is 0 Å². The number of halogens is 1. The third-order valence-corrected chi connectivity index (χ3v) is 3.43. The van der Waals surface area contributed by atoms with Crippen LogP contribution in [0.15, 0.2) is 36.4 Å². The van der Waals surface area contributed by atoms with Crippen LogP contribution >= 0.6 is 11.6 Å². The molecule has 0 aromatic heterocycles. The van der Waals surface area contributed by atoms with Gasteiger partial charge in [0.1, 0.15) is 0 Å². The Balaban J connectivity index is 2.33. The van der Waals surface area contributed by atoms with Crippen molar-refractivity contribution in [2.24, 2.45) is 0 Å². The highest BCUT2D eigenvalue weighted by atomic mass is 35.5. The largest absolute Gasteiger partial charge is 0.493 e. The zero-order chi connectivity index (χ0) is 15.4. The van der Waals surface area contributed by atoms with Crippen LogP contribution in [0.4, 0.5) is 5.69 Å². The van der Waals surface area contributed by atoms with Crippen LogP contribution in [0.25, 0.3) is 0 Å². The first-order valence-corrected chi connectivity index (χ1v) is 6.73. The van der Waals surface area contributed by atoms with Crippen LogP contribution in [-0.4, -0.2) is 20.1 Å². The Kier molecular flexibility index (Phi) is 4.70. The van der Waals surface area contributed by atoms with Crippen molar-refractivity contribution in [3.63, 3.8) is 0 Å². The fraction of sp³-hybridized carbons (Fsp3) is 0.188. The second-order valence-corrected chi connectivity index (χ2v) is 4.86. The highest BCUT2D eigenvalue weighted by Gasteiger charge is 2.15. The average molecular weight is 306 g/mol. The van der Waals surface area contributed by atoms with Crippen molar-refractivity contribution in [2.45, 2.75) is 6.92 Å². The quantitative estimate of drug-likeness (QED) is 0.931. The topological polar surface area (TPSA) is 47.6 Å². The fourth-order valence-electron chi connectivity index (χ4n) is 1.98. The van der Waals surface area contributed by atoms with E-state index in [0.29, 0.717) is 27.8 Å². The summed E-state index contributed by atoms with van der Waals surface area (Å²) in [5, 5.41) is 3.28. The molecule has 0 aliphatic heterocycles. The molecule has 2 rings (SSSR count). The predicted molar refractivity (Wildman–Crippen MR) is 83.7 cm³/mol. The second kappa shape index (κ2) is 6.50. The fourth-order valence-corrected chi connectivity index (χ4v) is 2.16. The van der Waals surface area contributed by atoms with Crippen LogP contribution in [0, 0.1) is 6.92 Å². The van der Waals surface area contributed by atoms with E-state index >= 15 is 0 Å². The number of amides is 1. The number of nitrogens with one attached hydrogen (secondary N) is 1. The number of hydrogen-bond acceptors (Lipinski definition) is 3. The zero-order valence-corrected chi connectivity index (χ0v) is 12.8. The van der Waals surface area contributed by atoms with Gasteiger partial charge in [-0.2, -0.15) is 0 Å². The van der Waals surface area contributed by atoms with Crippen LogP contribution in [0.5, 0.6) is 11.5 Å². The Morgan fingerprint density at radius 1 is 1.10 bits per heavy atom. The Bertz CT molecular complexity index is 671. The third kappa shape index (κ3) is 3.28. The molecule has 0 unspecified atom stereocenters. The lowest BCUT2D eigenvalue weighted by molar-refractivity contribution is 0.102. The van der Waals surface area contributed by atoms with Gasteiger partial charge < -0.3 is 14.8 Å². The highest BCUT2D eigenvalue weighted by Crippen LogP contribution is 2.31. The lowest BCUT2D eigenvalue weighted by atomic mass is 10.1. The maximum atomic E-state index is 12.4. The Morgan fingerprint density at radius 3 is 2.33 bits per heavy atom. The van der Waals surface area contributed by atoms with Crippen LogP contribution in [0.2, 0.25) is 5.02 Å². The van der Waals surface area contributed by atoms with Gasteiger partial charge in [0.25, 0.3) is 5.91 Å². The molecular formula is C16H16ClNO3. The van der Waals surface area contributed by atoms with E-state index in [1.165, 1.54) is 7.11 Å². The smallest absolute Gasteiger partial charge is 0.256 e. The molecule has 1 amide bonds. The Labute approximate surface area is 128 Å². The maximum absolute atomic E-state index is 12.4. The van der Waals surface area contributed by atoms with Gasteiger partial charge >= 0.3 is 0 Å². The molecule has 0 radical (unpaired) electrons. The normalized spacial score (nSPS) is 10.1. The molecule has 0 saturated heterocycles. The molecular weight excluding hydrogens is 290 g/mol. The number of hydrogen-bond donors (Lipinski definition) is 1. The molecule has 0 saturated carbocycles. The van der Waals surface area contributed by atoms with E-state index in [4.69, 9.17) is 21.1 Å². The van der Waals surface area contributed by atoms with Gasteiger partial charge in [-0.05, 0) is 36.8 Å². The number of aryl methyl sites for hydroxylation is 1. The second-order valence-electron chi connectivity index (χ2n) is 4.46. The third-order valence-electron chi connectivity index (χ3n) is 3.10.